The first-order valence-corrected chi connectivity index (χ1v) is 5.50. The summed E-state index contributed by atoms with van der Waals surface area (Å²) in [6, 6.07) is 10.8. The summed E-state index contributed by atoms with van der Waals surface area (Å²) >= 11 is 0. The number of aliphatic imine (C=N–C) groups is 1. The summed E-state index contributed by atoms with van der Waals surface area (Å²) in [5.41, 5.74) is 1.32. The third-order valence-electron chi connectivity index (χ3n) is 2.60. The molecule has 0 bridgehead atoms. The Bertz CT molecular complexity index is 332. The Morgan fingerprint density at radius 3 is 2.80 bits per heavy atom. The molecule has 0 amide bonds. The van der Waals surface area contributed by atoms with Gasteiger partial charge in [0.05, 0.1) is 12.6 Å². The lowest BCUT2D eigenvalue weighted by Gasteiger charge is -2.18. The molecule has 1 atom stereocenters. The molecule has 2 rings (SSSR count). The van der Waals surface area contributed by atoms with E-state index in [1.807, 2.05) is 6.07 Å². The fourth-order valence-electron chi connectivity index (χ4n) is 1.77. The predicted octanol–water partition coefficient (Wildman–Crippen LogP) is 1.69. The Labute approximate surface area is 90.6 Å². The van der Waals surface area contributed by atoms with Gasteiger partial charge in [0.2, 0.25) is 0 Å². The van der Waals surface area contributed by atoms with Gasteiger partial charge in [-0.3, -0.25) is 4.99 Å². The Kier molecular flexibility index (Phi) is 3.22. The second-order valence-electron chi connectivity index (χ2n) is 3.67. The van der Waals surface area contributed by atoms with Crippen LogP contribution in [0.15, 0.2) is 35.3 Å². The monoisotopic (exact) mass is 203 g/mol. The standard InChI is InChI=1S/C12H17N3/c1-2-11(10-6-4-3-5-7-10)15-12-13-8-9-14-12/h3-7,11H,2,8-9H2,1H3,(H2,13,14,15). The van der Waals surface area contributed by atoms with Gasteiger partial charge in [-0.05, 0) is 12.0 Å². The summed E-state index contributed by atoms with van der Waals surface area (Å²) in [5.74, 6) is 0.936. The van der Waals surface area contributed by atoms with Gasteiger partial charge in [-0.2, -0.15) is 0 Å². The fraction of sp³-hybridized carbons (Fsp3) is 0.417. The molecule has 0 spiro atoms. The molecule has 15 heavy (non-hydrogen) atoms. The number of hydrogen-bond donors (Lipinski definition) is 2. The van der Waals surface area contributed by atoms with Crippen molar-refractivity contribution in [2.45, 2.75) is 19.4 Å². The molecule has 0 aromatic heterocycles. The second-order valence-corrected chi connectivity index (χ2v) is 3.67. The molecule has 0 fully saturated rings. The van der Waals surface area contributed by atoms with Crippen LogP contribution in [0.2, 0.25) is 0 Å². The molecule has 1 aliphatic heterocycles. The molecule has 0 aliphatic carbocycles. The summed E-state index contributed by atoms with van der Waals surface area (Å²) in [6.45, 7) is 4.02. The van der Waals surface area contributed by atoms with Crippen LogP contribution in [0, 0.1) is 0 Å². The Morgan fingerprint density at radius 1 is 1.40 bits per heavy atom. The molecule has 0 saturated carbocycles. The zero-order valence-corrected chi connectivity index (χ0v) is 9.03. The minimum Gasteiger partial charge on any atom is -0.355 e. The highest BCUT2D eigenvalue weighted by atomic mass is 15.2. The topological polar surface area (TPSA) is 36.4 Å². The van der Waals surface area contributed by atoms with E-state index >= 15 is 0 Å². The average Bonchev–Trinajstić information content (AvgIpc) is 2.80. The van der Waals surface area contributed by atoms with Gasteiger partial charge in [0.25, 0.3) is 0 Å². The molecule has 3 nitrogen and oxygen atoms in total. The van der Waals surface area contributed by atoms with Gasteiger partial charge in [-0.1, -0.05) is 37.3 Å². The van der Waals surface area contributed by atoms with Gasteiger partial charge in [-0.25, -0.2) is 0 Å². The summed E-state index contributed by atoms with van der Waals surface area (Å²) < 4.78 is 0. The van der Waals surface area contributed by atoms with Crippen LogP contribution >= 0.6 is 0 Å². The number of guanidine groups is 1. The lowest BCUT2D eigenvalue weighted by atomic mass is 10.1. The molecule has 1 aliphatic rings. The largest absolute Gasteiger partial charge is 0.355 e. The van der Waals surface area contributed by atoms with E-state index in [-0.39, 0.29) is 0 Å². The first-order chi connectivity index (χ1) is 7.40. The van der Waals surface area contributed by atoms with Crippen LogP contribution in [0.25, 0.3) is 0 Å². The van der Waals surface area contributed by atoms with Crippen molar-refractivity contribution in [2.75, 3.05) is 13.1 Å². The third kappa shape index (κ3) is 2.49. The minimum absolute atomic E-state index is 0.357. The lowest BCUT2D eigenvalue weighted by Crippen LogP contribution is -2.36. The molecular weight excluding hydrogens is 186 g/mol. The zero-order valence-electron chi connectivity index (χ0n) is 9.03. The molecule has 1 aromatic rings. The van der Waals surface area contributed by atoms with Crippen molar-refractivity contribution in [3.63, 3.8) is 0 Å². The first kappa shape index (κ1) is 10.0. The van der Waals surface area contributed by atoms with Crippen molar-refractivity contribution in [1.29, 1.82) is 0 Å². The van der Waals surface area contributed by atoms with Crippen molar-refractivity contribution in [3.05, 3.63) is 35.9 Å². The number of benzene rings is 1. The van der Waals surface area contributed by atoms with Crippen LogP contribution in [0.3, 0.4) is 0 Å². The second kappa shape index (κ2) is 4.82. The highest BCUT2D eigenvalue weighted by molar-refractivity contribution is 5.81. The van der Waals surface area contributed by atoms with Gasteiger partial charge in [-0.15, -0.1) is 0 Å². The van der Waals surface area contributed by atoms with Gasteiger partial charge < -0.3 is 10.6 Å². The van der Waals surface area contributed by atoms with E-state index in [1.54, 1.807) is 0 Å². The normalized spacial score (nSPS) is 16.7. The Morgan fingerprint density at radius 2 is 2.20 bits per heavy atom. The Hall–Kier alpha value is -1.51. The van der Waals surface area contributed by atoms with Gasteiger partial charge >= 0.3 is 0 Å². The first-order valence-electron chi connectivity index (χ1n) is 5.50. The van der Waals surface area contributed by atoms with E-state index in [0.717, 1.165) is 25.5 Å². The maximum atomic E-state index is 4.34. The number of nitrogens with zero attached hydrogens (tertiary/aromatic N) is 1. The molecule has 3 heteroatoms. The molecule has 0 radical (unpaired) electrons. The van der Waals surface area contributed by atoms with E-state index in [9.17, 15) is 0 Å². The van der Waals surface area contributed by atoms with Gasteiger partial charge in [0.15, 0.2) is 5.96 Å². The summed E-state index contributed by atoms with van der Waals surface area (Å²) in [6.07, 6.45) is 1.06. The van der Waals surface area contributed by atoms with Crippen LogP contribution in [0.1, 0.15) is 24.9 Å². The van der Waals surface area contributed by atoms with Gasteiger partial charge in [0, 0.05) is 6.54 Å². The summed E-state index contributed by atoms with van der Waals surface area (Å²) in [5, 5.41) is 6.65. The van der Waals surface area contributed by atoms with Crippen molar-refractivity contribution >= 4 is 5.96 Å². The number of hydrogen-bond acceptors (Lipinski definition) is 3. The predicted molar refractivity (Wildman–Crippen MR) is 62.9 cm³/mol. The summed E-state index contributed by atoms with van der Waals surface area (Å²) in [7, 11) is 0. The van der Waals surface area contributed by atoms with Crippen LogP contribution in [0.5, 0.6) is 0 Å². The molecule has 0 saturated heterocycles. The maximum Gasteiger partial charge on any atom is 0.191 e. The van der Waals surface area contributed by atoms with E-state index in [0.29, 0.717) is 6.04 Å². The molecule has 2 N–H and O–H groups in total. The van der Waals surface area contributed by atoms with Crippen molar-refractivity contribution in [1.82, 2.24) is 10.6 Å². The quantitative estimate of drug-likeness (QED) is 0.784. The highest BCUT2D eigenvalue weighted by Crippen LogP contribution is 2.15. The zero-order chi connectivity index (χ0) is 10.5. The van der Waals surface area contributed by atoms with E-state index in [2.05, 4.69) is 46.8 Å². The van der Waals surface area contributed by atoms with Crippen LogP contribution < -0.4 is 10.6 Å². The van der Waals surface area contributed by atoms with Crippen LogP contribution in [-0.4, -0.2) is 19.0 Å². The van der Waals surface area contributed by atoms with Crippen LogP contribution in [-0.2, 0) is 0 Å². The van der Waals surface area contributed by atoms with Crippen molar-refractivity contribution in [2.24, 2.45) is 4.99 Å². The number of nitrogens with one attached hydrogen (secondary N) is 2. The maximum absolute atomic E-state index is 4.34. The summed E-state index contributed by atoms with van der Waals surface area (Å²) in [4.78, 5) is 4.34. The van der Waals surface area contributed by atoms with Gasteiger partial charge in [0.1, 0.15) is 0 Å². The molecule has 1 aromatic carbocycles. The highest BCUT2D eigenvalue weighted by Gasteiger charge is 2.12. The van der Waals surface area contributed by atoms with E-state index in [1.165, 1.54) is 5.56 Å². The SMILES string of the molecule is CCC(NC1=NCCN1)c1ccccc1. The number of rotatable bonds is 3. The van der Waals surface area contributed by atoms with Crippen molar-refractivity contribution < 1.29 is 0 Å². The average molecular weight is 203 g/mol. The molecular formula is C12H17N3. The molecule has 1 unspecified atom stereocenters. The molecule has 80 valence electrons. The van der Waals surface area contributed by atoms with Crippen LogP contribution in [0.4, 0.5) is 0 Å². The molecule has 1 heterocycles. The smallest absolute Gasteiger partial charge is 0.191 e. The van der Waals surface area contributed by atoms with E-state index in [4.69, 9.17) is 0 Å². The lowest BCUT2D eigenvalue weighted by molar-refractivity contribution is 0.617. The van der Waals surface area contributed by atoms with Crippen molar-refractivity contribution in [3.8, 4) is 0 Å². The third-order valence-corrected chi connectivity index (χ3v) is 2.60. The Balaban J connectivity index is 2.04. The fourth-order valence-corrected chi connectivity index (χ4v) is 1.77. The minimum atomic E-state index is 0.357. The van der Waals surface area contributed by atoms with E-state index < -0.39 is 0 Å².